The third-order valence-electron chi connectivity index (χ3n) is 6.21. The number of rotatable bonds is 2. The molecule has 6 rings (SSSR count). The summed E-state index contributed by atoms with van der Waals surface area (Å²) in [6.45, 7) is 3.03. The molecule has 5 heteroatoms. The van der Waals surface area contributed by atoms with E-state index >= 15 is 0 Å². The minimum atomic E-state index is 0.00963. The number of aryl methyl sites for hydroxylation is 2. The van der Waals surface area contributed by atoms with Crippen LogP contribution < -0.4 is 14.4 Å². The van der Waals surface area contributed by atoms with Crippen molar-refractivity contribution >= 4 is 22.5 Å². The van der Waals surface area contributed by atoms with Crippen molar-refractivity contribution in [1.82, 2.24) is 4.98 Å². The molecular weight excluding hydrogens is 400 g/mol. The maximum atomic E-state index is 13.9. The van der Waals surface area contributed by atoms with Crippen LogP contribution in [0.1, 0.15) is 27.9 Å². The smallest absolute Gasteiger partial charge is 0.259 e. The van der Waals surface area contributed by atoms with E-state index in [9.17, 15) is 4.79 Å². The number of carbonyl (C=O) groups excluding carboxylic acids is 1. The Morgan fingerprint density at radius 3 is 2.78 bits per heavy atom. The summed E-state index contributed by atoms with van der Waals surface area (Å²) in [5.41, 5.74) is 6.56. The lowest BCUT2D eigenvalue weighted by molar-refractivity contribution is 0.0986. The van der Waals surface area contributed by atoms with Crippen LogP contribution in [0.3, 0.4) is 0 Å². The van der Waals surface area contributed by atoms with E-state index in [1.54, 1.807) is 0 Å². The van der Waals surface area contributed by atoms with Crippen molar-refractivity contribution in [3.05, 3.63) is 83.4 Å². The fraction of sp³-hybridized carbons (Fsp3) is 0.185. The molecule has 158 valence electrons. The van der Waals surface area contributed by atoms with Gasteiger partial charge in [0.15, 0.2) is 11.5 Å². The molecule has 0 fully saturated rings. The number of para-hydroxylation sites is 1. The molecule has 0 saturated heterocycles. The van der Waals surface area contributed by atoms with Crippen LogP contribution in [0, 0.1) is 6.92 Å². The van der Waals surface area contributed by atoms with Crippen LogP contribution in [0.5, 0.6) is 11.5 Å². The van der Waals surface area contributed by atoms with Gasteiger partial charge in [0.2, 0.25) is 6.79 Å². The van der Waals surface area contributed by atoms with Gasteiger partial charge in [-0.05, 0) is 61.7 Å². The van der Waals surface area contributed by atoms with Gasteiger partial charge in [-0.1, -0.05) is 35.9 Å². The number of fused-ring (bicyclic) bond motifs is 3. The molecular formula is C27H22N2O3. The van der Waals surface area contributed by atoms with E-state index in [-0.39, 0.29) is 12.7 Å². The molecule has 1 aromatic heterocycles. The van der Waals surface area contributed by atoms with Crippen molar-refractivity contribution in [1.29, 1.82) is 0 Å². The molecule has 0 atom stereocenters. The average molecular weight is 422 g/mol. The van der Waals surface area contributed by atoms with Crippen LogP contribution in [-0.4, -0.2) is 24.2 Å². The molecule has 0 radical (unpaired) electrons. The minimum Gasteiger partial charge on any atom is -0.454 e. The highest BCUT2D eigenvalue weighted by molar-refractivity contribution is 6.14. The van der Waals surface area contributed by atoms with Crippen molar-refractivity contribution in [2.24, 2.45) is 0 Å². The number of nitrogens with zero attached hydrogens (tertiary/aromatic N) is 2. The normalized spacial score (nSPS) is 14.5. The van der Waals surface area contributed by atoms with Gasteiger partial charge in [0.1, 0.15) is 0 Å². The van der Waals surface area contributed by atoms with E-state index in [4.69, 9.17) is 14.5 Å². The number of benzene rings is 3. The Balaban J connectivity index is 1.49. The highest BCUT2D eigenvalue weighted by Crippen LogP contribution is 2.37. The molecule has 0 unspecified atom stereocenters. The number of hydrogen-bond donors (Lipinski definition) is 0. The van der Waals surface area contributed by atoms with Crippen molar-refractivity contribution in [2.75, 3.05) is 18.2 Å². The lowest BCUT2D eigenvalue weighted by Crippen LogP contribution is -2.35. The maximum absolute atomic E-state index is 13.9. The van der Waals surface area contributed by atoms with Gasteiger partial charge in [-0.2, -0.15) is 0 Å². The first-order valence-electron chi connectivity index (χ1n) is 10.9. The van der Waals surface area contributed by atoms with Crippen LogP contribution in [0.2, 0.25) is 0 Å². The second kappa shape index (κ2) is 7.38. The van der Waals surface area contributed by atoms with Crippen molar-refractivity contribution < 1.29 is 14.3 Å². The van der Waals surface area contributed by atoms with Gasteiger partial charge in [-0.15, -0.1) is 0 Å². The fourth-order valence-corrected chi connectivity index (χ4v) is 4.64. The summed E-state index contributed by atoms with van der Waals surface area (Å²) in [5, 5.41) is 0.862. The van der Waals surface area contributed by atoms with E-state index < -0.39 is 0 Å². The minimum absolute atomic E-state index is 0.00963. The van der Waals surface area contributed by atoms with E-state index in [0.29, 0.717) is 17.9 Å². The molecule has 32 heavy (non-hydrogen) atoms. The standard InChI is InChI=1S/C27H22N2O3/c1-17-8-10-24-19(13-17)5-4-12-29(24)27(30)21-15-23(28-22-7-3-2-6-20(21)22)18-9-11-25-26(14-18)32-16-31-25/h2-3,6-11,13-15H,4-5,12,16H2,1H3. The molecule has 2 aliphatic heterocycles. The molecule has 3 aromatic carbocycles. The number of ether oxygens (including phenoxy) is 2. The molecule has 3 heterocycles. The van der Waals surface area contributed by atoms with E-state index in [0.717, 1.165) is 46.4 Å². The molecule has 0 saturated carbocycles. The van der Waals surface area contributed by atoms with Crippen LogP contribution in [-0.2, 0) is 6.42 Å². The Labute approximate surface area is 186 Å². The monoisotopic (exact) mass is 422 g/mol. The lowest BCUT2D eigenvalue weighted by Gasteiger charge is -2.30. The zero-order valence-corrected chi connectivity index (χ0v) is 17.8. The first-order valence-corrected chi connectivity index (χ1v) is 10.9. The number of hydrogen-bond acceptors (Lipinski definition) is 4. The second-order valence-electron chi connectivity index (χ2n) is 8.33. The zero-order chi connectivity index (χ0) is 21.7. The Bertz CT molecular complexity index is 1380. The molecule has 0 N–H and O–H groups in total. The average Bonchev–Trinajstić information content (AvgIpc) is 3.30. The first kappa shape index (κ1) is 18.9. The third kappa shape index (κ3) is 3.09. The predicted octanol–water partition coefficient (Wildman–Crippen LogP) is 5.53. The van der Waals surface area contributed by atoms with E-state index in [1.807, 2.05) is 53.4 Å². The summed E-state index contributed by atoms with van der Waals surface area (Å²) >= 11 is 0. The van der Waals surface area contributed by atoms with Gasteiger partial charge in [0.05, 0.1) is 16.8 Å². The molecule has 1 amide bonds. The molecule has 0 aliphatic carbocycles. The van der Waals surface area contributed by atoms with Gasteiger partial charge in [0, 0.05) is 23.2 Å². The Morgan fingerprint density at radius 2 is 1.84 bits per heavy atom. The summed E-state index contributed by atoms with van der Waals surface area (Å²) in [4.78, 5) is 20.7. The van der Waals surface area contributed by atoms with Crippen LogP contribution in [0.25, 0.3) is 22.2 Å². The fourth-order valence-electron chi connectivity index (χ4n) is 4.64. The highest BCUT2D eigenvalue weighted by Gasteiger charge is 2.26. The van der Waals surface area contributed by atoms with E-state index in [2.05, 4.69) is 25.1 Å². The Morgan fingerprint density at radius 1 is 0.969 bits per heavy atom. The van der Waals surface area contributed by atoms with Crippen LogP contribution in [0.4, 0.5) is 5.69 Å². The quantitative estimate of drug-likeness (QED) is 0.426. The molecule has 4 aromatic rings. The summed E-state index contributed by atoms with van der Waals surface area (Å²) in [6.07, 6.45) is 1.96. The van der Waals surface area contributed by atoms with Gasteiger partial charge in [-0.25, -0.2) is 4.98 Å². The maximum Gasteiger partial charge on any atom is 0.259 e. The van der Waals surface area contributed by atoms with Crippen molar-refractivity contribution in [2.45, 2.75) is 19.8 Å². The first-order chi connectivity index (χ1) is 15.7. The van der Waals surface area contributed by atoms with Crippen molar-refractivity contribution in [3.63, 3.8) is 0 Å². The third-order valence-corrected chi connectivity index (χ3v) is 6.21. The van der Waals surface area contributed by atoms with E-state index in [1.165, 1.54) is 11.1 Å². The number of amides is 1. The summed E-state index contributed by atoms with van der Waals surface area (Å²) < 4.78 is 11.0. The Kier molecular flexibility index (Phi) is 4.35. The van der Waals surface area contributed by atoms with Gasteiger partial charge in [-0.3, -0.25) is 4.79 Å². The summed E-state index contributed by atoms with van der Waals surface area (Å²) in [5.74, 6) is 1.44. The van der Waals surface area contributed by atoms with Crippen LogP contribution in [0.15, 0.2) is 66.7 Å². The second-order valence-corrected chi connectivity index (χ2v) is 8.33. The number of anilines is 1. The largest absolute Gasteiger partial charge is 0.454 e. The number of aromatic nitrogens is 1. The number of pyridine rings is 1. The summed E-state index contributed by atoms with van der Waals surface area (Å²) in [7, 11) is 0. The van der Waals surface area contributed by atoms with Crippen LogP contribution >= 0.6 is 0 Å². The van der Waals surface area contributed by atoms with Crippen molar-refractivity contribution in [3.8, 4) is 22.8 Å². The topological polar surface area (TPSA) is 51.7 Å². The lowest BCUT2D eigenvalue weighted by atomic mass is 9.97. The summed E-state index contributed by atoms with van der Waals surface area (Å²) in [6, 6.07) is 21.8. The Hall–Kier alpha value is -3.86. The predicted molar refractivity (Wildman–Crippen MR) is 124 cm³/mol. The van der Waals surface area contributed by atoms with Gasteiger partial charge >= 0.3 is 0 Å². The zero-order valence-electron chi connectivity index (χ0n) is 17.8. The van der Waals surface area contributed by atoms with Gasteiger partial charge < -0.3 is 14.4 Å². The number of carbonyl (C=O) groups is 1. The highest BCUT2D eigenvalue weighted by atomic mass is 16.7. The molecule has 2 aliphatic rings. The molecule has 0 spiro atoms. The molecule has 0 bridgehead atoms. The molecule has 5 nitrogen and oxygen atoms in total. The van der Waals surface area contributed by atoms with Gasteiger partial charge in [0.25, 0.3) is 5.91 Å². The SMILES string of the molecule is Cc1ccc2c(c1)CCCN2C(=O)c1cc(-c2ccc3c(c2)OCO3)nc2ccccc12.